The summed E-state index contributed by atoms with van der Waals surface area (Å²) in [5.74, 6) is -0.940. The Bertz CT molecular complexity index is 749. The molecule has 19 heavy (non-hydrogen) atoms. The van der Waals surface area contributed by atoms with Gasteiger partial charge in [-0.25, -0.2) is 4.98 Å². The Morgan fingerprint density at radius 1 is 1.53 bits per heavy atom. The summed E-state index contributed by atoms with van der Waals surface area (Å²) >= 11 is 0. The van der Waals surface area contributed by atoms with Crippen molar-refractivity contribution in [3.63, 3.8) is 0 Å². The minimum Gasteiger partial charge on any atom is -0.384 e. The standard InChI is InChI=1S/C12H10N6O/c13-4-6(11(16)19)3-7-5-18-12-9(7)8(10(14)15)1-2-17-12/h1-3,5H,(H3,14,15)(H2,16,19)(H,17,18)/b6-3-. The van der Waals surface area contributed by atoms with Gasteiger partial charge in [-0.2, -0.15) is 5.26 Å². The van der Waals surface area contributed by atoms with E-state index in [2.05, 4.69) is 9.97 Å². The second kappa shape index (κ2) is 4.62. The van der Waals surface area contributed by atoms with E-state index in [1.165, 1.54) is 12.3 Å². The van der Waals surface area contributed by atoms with Crippen molar-refractivity contribution in [1.29, 1.82) is 10.7 Å². The molecule has 0 atom stereocenters. The molecule has 0 saturated heterocycles. The third-order valence-corrected chi connectivity index (χ3v) is 2.58. The second-order valence-corrected chi connectivity index (χ2v) is 3.77. The number of nitriles is 1. The molecule has 0 aromatic carbocycles. The summed E-state index contributed by atoms with van der Waals surface area (Å²) in [5.41, 5.74) is 11.9. The van der Waals surface area contributed by atoms with Crippen LogP contribution in [0.1, 0.15) is 11.1 Å². The van der Waals surface area contributed by atoms with E-state index < -0.39 is 5.91 Å². The van der Waals surface area contributed by atoms with Gasteiger partial charge in [-0.15, -0.1) is 0 Å². The highest BCUT2D eigenvalue weighted by molar-refractivity contribution is 6.10. The summed E-state index contributed by atoms with van der Waals surface area (Å²) in [4.78, 5) is 18.0. The number of hydrogen-bond acceptors (Lipinski definition) is 4. The smallest absolute Gasteiger partial charge is 0.259 e. The number of pyridine rings is 1. The topological polar surface area (TPSA) is 145 Å². The van der Waals surface area contributed by atoms with E-state index in [0.29, 0.717) is 22.2 Å². The van der Waals surface area contributed by atoms with Crippen molar-refractivity contribution < 1.29 is 4.79 Å². The van der Waals surface area contributed by atoms with Crippen molar-refractivity contribution in [2.75, 3.05) is 0 Å². The van der Waals surface area contributed by atoms with Gasteiger partial charge in [-0.1, -0.05) is 0 Å². The van der Waals surface area contributed by atoms with Gasteiger partial charge in [0.25, 0.3) is 5.91 Å². The number of nitrogens with zero attached hydrogens (tertiary/aromatic N) is 2. The van der Waals surface area contributed by atoms with Crippen LogP contribution in [0.2, 0.25) is 0 Å². The molecule has 0 saturated carbocycles. The predicted molar refractivity (Wildman–Crippen MR) is 69.9 cm³/mol. The van der Waals surface area contributed by atoms with Crippen molar-refractivity contribution >= 4 is 28.9 Å². The molecule has 7 nitrogen and oxygen atoms in total. The average Bonchev–Trinajstić information content (AvgIpc) is 2.78. The lowest BCUT2D eigenvalue weighted by atomic mass is 10.1. The van der Waals surface area contributed by atoms with Crippen molar-refractivity contribution in [1.82, 2.24) is 9.97 Å². The van der Waals surface area contributed by atoms with Crippen LogP contribution in [-0.4, -0.2) is 21.7 Å². The van der Waals surface area contributed by atoms with Gasteiger partial charge in [0.05, 0.1) is 0 Å². The Kier molecular flexibility index (Phi) is 3.00. The number of primary amides is 1. The normalized spacial score (nSPS) is 11.2. The number of H-pyrrole nitrogens is 1. The molecule has 2 aromatic heterocycles. The molecule has 0 aliphatic heterocycles. The summed E-state index contributed by atoms with van der Waals surface area (Å²) in [6, 6.07) is 3.31. The van der Waals surface area contributed by atoms with Crippen LogP contribution in [0.4, 0.5) is 0 Å². The Labute approximate surface area is 108 Å². The number of carbonyl (C=O) groups excluding carboxylic acids is 1. The number of amidine groups is 1. The van der Waals surface area contributed by atoms with Gasteiger partial charge in [0.1, 0.15) is 23.1 Å². The van der Waals surface area contributed by atoms with E-state index in [9.17, 15) is 4.79 Å². The van der Waals surface area contributed by atoms with Crippen LogP contribution < -0.4 is 11.5 Å². The maximum atomic E-state index is 11.1. The fourth-order valence-electron chi connectivity index (χ4n) is 1.73. The quantitative estimate of drug-likeness (QED) is 0.269. The third kappa shape index (κ3) is 2.14. The van der Waals surface area contributed by atoms with Crippen LogP contribution in [0.3, 0.4) is 0 Å². The van der Waals surface area contributed by atoms with Gasteiger partial charge in [0.15, 0.2) is 0 Å². The predicted octanol–water partition coefficient (Wildman–Crippen LogP) is 0.239. The number of aromatic nitrogens is 2. The number of fused-ring (bicyclic) bond motifs is 1. The number of nitrogens with one attached hydrogen (secondary N) is 2. The van der Waals surface area contributed by atoms with Gasteiger partial charge in [0.2, 0.25) is 0 Å². The van der Waals surface area contributed by atoms with Gasteiger partial charge in [-0.3, -0.25) is 10.2 Å². The maximum absolute atomic E-state index is 11.1. The van der Waals surface area contributed by atoms with Crippen molar-refractivity contribution in [2.45, 2.75) is 0 Å². The maximum Gasteiger partial charge on any atom is 0.259 e. The summed E-state index contributed by atoms with van der Waals surface area (Å²) in [6.07, 6.45) is 4.43. The lowest BCUT2D eigenvalue weighted by Crippen LogP contribution is -2.13. The van der Waals surface area contributed by atoms with E-state index in [1.54, 1.807) is 18.3 Å². The molecule has 2 rings (SSSR count). The molecular weight excluding hydrogens is 244 g/mol. The van der Waals surface area contributed by atoms with E-state index in [-0.39, 0.29) is 11.4 Å². The highest BCUT2D eigenvalue weighted by Crippen LogP contribution is 2.22. The molecule has 1 amide bonds. The van der Waals surface area contributed by atoms with Gasteiger partial charge in [0, 0.05) is 28.9 Å². The van der Waals surface area contributed by atoms with Crippen molar-refractivity contribution in [2.24, 2.45) is 11.5 Å². The second-order valence-electron chi connectivity index (χ2n) is 3.77. The van der Waals surface area contributed by atoms with Crippen LogP contribution in [0, 0.1) is 16.7 Å². The largest absolute Gasteiger partial charge is 0.384 e. The monoisotopic (exact) mass is 254 g/mol. The molecule has 7 heteroatoms. The molecule has 2 heterocycles. The Morgan fingerprint density at radius 3 is 2.84 bits per heavy atom. The van der Waals surface area contributed by atoms with Gasteiger partial charge in [-0.05, 0) is 12.1 Å². The number of aromatic amines is 1. The van der Waals surface area contributed by atoms with Gasteiger partial charge >= 0.3 is 0 Å². The summed E-state index contributed by atoms with van der Waals surface area (Å²) in [5, 5.41) is 16.9. The van der Waals surface area contributed by atoms with E-state index in [4.69, 9.17) is 22.1 Å². The zero-order chi connectivity index (χ0) is 14.0. The van der Waals surface area contributed by atoms with E-state index in [0.717, 1.165) is 0 Å². The molecule has 0 aliphatic rings. The highest BCUT2D eigenvalue weighted by Gasteiger charge is 2.12. The Morgan fingerprint density at radius 2 is 2.26 bits per heavy atom. The zero-order valence-electron chi connectivity index (χ0n) is 9.77. The molecule has 0 fully saturated rings. The summed E-state index contributed by atoms with van der Waals surface area (Å²) < 4.78 is 0. The lowest BCUT2D eigenvalue weighted by molar-refractivity contribution is -0.114. The van der Waals surface area contributed by atoms with Crippen molar-refractivity contribution in [3.8, 4) is 6.07 Å². The molecule has 6 N–H and O–H groups in total. The average molecular weight is 254 g/mol. The Balaban J connectivity index is 2.73. The van der Waals surface area contributed by atoms with Crippen LogP contribution >= 0.6 is 0 Å². The molecule has 0 radical (unpaired) electrons. The SMILES string of the molecule is N#C/C(=C/c1c[nH]c2nccc(C(=N)N)c12)C(N)=O. The lowest BCUT2D eigenvalue weighted by Gasteiger charge is -2.01. The number of nitrogen functional groups attached to an aromatic ring is 1. The van der Waals surface area contributed by atoms with E-state index in [1.807, 2.05) is 0 Å². The third-order valence-electron chi connectivity index (χ3n) is 2.58. The number of carbonyl (C=O) groups is 1. The number of amides is 1. The van der Waals surface area contributed by atoms with Crippen LogP contribution in [0.15, 0.2) is 24.0 Å². The minimum absolute atomic E-state index is 0.126. The summed E-state index contributed by atoms with van der Waals surface area (Å²) in [7, 11) is 0. The van der Waals surface area contributed by atoms with Crippen LogP contribution in [-0.2, 0) is 4.79 Å². The molecule has 0 bridgehead atoms. The first-order chi connectivity index (χ1) is 9.04. The Hall–Kier alpha value is -3.14. The number of nitrogens with two attached hydrogens (primary N) is 2. The molecule has 0 unspecified atom stereocenters. The van der Waals surface area contributed by atoms with Gasteiger partial charge < -0.3 is 16.5 Å². The van der Waals surface area contributed by atoms with E-state index >= 15 is 0 Å². The highest BCUT2D eigenvalue weighted by atomic mass is 16.1. The summed E-state index contributed by atoms with van der Waals surface area (Å²) in [6.45, 7) is 0. The molecule has 2 aromatic rings. The molecule has 0 spiro atoms. The first-order valence-corrected chi connectivity index (χ1v) is 5.26. The molecular formula is C12H10N6O. The van der Waals surface area contributed by atoms with Crippen LogP contribution in [0.5, 0.6) is 0 Å². The number of rotatable bonds is 3. The fourth-order valence-corrected chi connectivity index (χ4v) is 1.73. The fraction of sp³-hybridized carbons (Fsp3) is 0. The number of hydrogen-bond donors (Lipinski definition) is 4. The molecule has 94 valence electrons. The van der Waals surface area contributed by atoms with Crippen molar-refractivity contribution in [3.05, 3.63) is 35.2 Å². The minimum atomic E-state index is -0.815. The first-order valence-electron chi connectivity index (χ1n) is 5.26. The van der Waals surface area contributed by atoms with Crippen LogP contribution in [0.25, 0.3) is 17.1 Å². The first kappa shape index (κ1) is 12.3. The molecule has 0 aliphatic carbocycles. The zero-order valence-corrected chi connectivity index (χ0v) is 9.77.